The Kier molecular flexibility index (Phi) is 21.6. The Labute approximate surface area is 842 Å². The Balaban J connectivity index is 0.813. The predicted molar refractivity (Wildman–Crippen MR) is 619 cm³/mol. The smallest absolute Gasteiger partial charge is 0.252 e. The molecule has 15 aromatic carbocycles. The van der Waals surface area contributed by atoms with Crippen LogP contribution in [0.5, 0.6) is 0 Å². The lowest BCUT2D eigenvalue weighted by Gasteiger charge is -2.44. The van der Waals surface area contributed by atoms with Gasteiger partial charge >= 0.3 is 0 Å². The molecule has 0 spiro atoms. The van der Waals surface area contributed by atoms with Crippen molar-refractivity contribution in [3.05, 3.63) is 343 Å². The SMILES string of the molecule is CC(C)(C)c1ccc(N2c3ccc(C(C)(C)C)cc3B3c4cc(-c5nc(-c6ccc7c(c6)B6c8cc(C(C)(C)C)ccc8N(c8ccc(C(C)(C)C)cc8)c8cccc(c86)N7c6ccc([Si](C)(C)C)cc6)nc(-c6ccc7c(c6)B6c8cc(C(C)(C)C)ccc8N(c8ccc(C(C)(C)C)cc8)c8cccc(c86)N7c6ccc([Si](C)(C)C)cc6)n5)ccc4N(c4ccc([Si](C)(C)C)cc4)c4cccc2c43)cc1. The first-order valence-corrected chi connectivity index (χ1v) is 61.6. The molecule has 16 aromatic rings. The molecule has 7 heterocycles. The van der Waals surface area contributed by atoms with Crippen LogP contribution < -0.4 is 94.1 Å². The van der Waals surface area contributed by atoms with Crippen molar-refractivity contribution in [1.29, 1.82) is 0 Å². The van der Waals surface area contributed by atoms with E-state index >= 15 is 0 Å². The van der Waals surface area contributed by atoms with Gasteiger partial charge in [0, 0.05) is 119 Å². The van der Waals surface area contributed by atoms with Crippen molar-refractivity contribution in [3.8, 4) is 34.2 Å². The van der Waals surface area contributed by atoms with Crippen LogP contribution in [-0.4, -0.2) is 59.3 Å². The molecule has 6 aliphatic heterocycles. The quantitative estimate of drug-likeness (QED) is 0.111. The van der Waals surface area contributed by atoms with Crippen LogP contribution in [0.15, 0.2) is 309 Å². The Morgan fingerprint density at radius 2 is 0.355 bits per heavy atom. The molecule has 141 heavy (non-hydrogen) atoms. The minimum absolute atomic E-state index is 0.0320. The van der Waals surface area contributed by atoms with Gasteiger partial charge in [-0.15, -0.1) is 0 Å². The normalized spacial score (nSPS) is 14.4. The summed E-state index contributed by atoms with van der Waals surface area (Å²) >= 11 is 0. The summed E-state index contributed by atoms with van der Waals surface area (Å²) in [5.74, 6) is 1.76. The molecule has 0 unspecified atom stereocenters. The van der Waals surface area contributed by atoms with Crippen LogP contribution in [-0.2, 0) is 32.5 Å². The van der Waals surface area contributed by atoms with E-state index in [9.17, 15) is 0 Å². The molecule has 9 nitrogen and oxygen atoms in total. The highest BCUT2D eigenvalue weighted by Gasteiger charge is 2.49. The molecule has 0 saturated carbocycles. The van der Waals surface area contributed by atoms with E-state index in [0.717, 1.165) is 102 Å². The number of benzene rings is 15. The fourth-order valence-corrected chi connectivity index (χ4v) is 26.2. The predicted octanol–water partition coefficient (Wildman–Crippen LogP) is 26.5. The van der Waals surface area contributed by atoms with Crippen LogP contribution in [0.25, 0.3) is 34.2 Å². The van der Waals surface area contributed by atoms with Gasteiger partial charge in [0.2, 0.25) is 0 Å². The average Bonchev–Trinajstić information content (AvgIpc) is 0.703. The van der Waals surface area contributed by atoms with Crippen molar-refractivity contribution in [2.75, 3.05) is 29.4 Å². The van der Waals surface area contributed by atoms with Gasteiger partial charge in [0.25, 0.3) is 20.1 Å². The van der Waals surface area contributed by atoms with Crippen LogP contribution in [0, 0.1) is 0 Å². The van der Waals surface area contributed by atoms with Gasteiger partial charge in [0.05, 0.1) is 24.2 Å². The molecule has 1 aromatic heterocycles. The minimum atomic E-state index is -1.73. The molecule has 0 radical (unpaired) electrons. The summed E-state index contributed by atoms with van der Waals surface area (Å²) < 4.78 is 0. The average molecular weight is 1890 g/mol. The van der Waals surface area contributed by atoms with E-state index in [1.54, 1.807) is 0 Å². The summed E-state index contributed by atoms with van der Waals surface area (Å²) in [5, 5.41) is 4.26. The van der Waals surface area contributed by atoms with Gasteiger partial charge in [-0.2, -0.15) is 0 Å². The standard InChI is InChI=1S/C126H132B3N9Si3/c1-121(2,3)82-40-49-88(50-41-82)133-106-70-46-85(124(10,11)12)76-100(106)127-97-73-79(37-67-103(97)136(112-34-28-31-109(133)115(112)127)91-55-61-94(62-56-91)139(19,20)21)118-130-119(80-38-68-104-98(74-80)128-101-77-86(125(13,14)15)47-71-107(101)134(89-51-42-83(43-52-89)122(4,5)6)110-32-29-35-113(116(110)128)137(104)92-57-63-95(64-58-92)140(22,23)24)132-120(131-118)81-39-69-105-99(75-81)129-102-78-87(126(16,17)18)48-72-108(102)135(90-53-44-84(45-54-90)123(7,8)9)111-33-30-36-114(117(111)129)138(105)93-59-65-96(66-60-93)141(25,26)27/h28-78H,1-27H3. The van der Waals surface area contributed by atoms with Gasteiger partial charge < -0.3 is 29.4 Å². The third-order valence-electron chi connectivity index (χ3n) is 30.9. The van der Waals surface area contributed by atoms with E-state index in [0.29, 0.717) is 17.5 Å². The lowest BCUT2D eigenvalue weighted by atomic mass is 9.33. The summed E-state index contributed by atoms with van der Waals surface area (Å²) in [6.07, 6.45) is 0. The fourth-order valence-electron chi connectivity index (χ4n) is 22.7. The Morgan fingerprint density at radius 3 is 0.539 bits per heavy atom. The van der Waals surface area contributed by atoms with Gasteiger partial charge in [0.15, 0.2) is 17.5 Å². The lowest BCUT2D eigenvalue weighted by molar-refractivity contribution is 0.590. The molecule has 0 fully saturated rings. The third-order valence-corrected chi connectivity index (χ3v) is 37.1. The topological polar surface area (TPSA) is 58.1 Å². The first kappa shape index (κ1) is 92.9. The zero-order valence-electron chi connectivity index (χ0n) is 87.7. The number of hydrogen-bond acceptors (Lipinski definition) is 9. The molecule has 22 rings (SSSR count). The molecular formula is C126H132B3N9Si3. The van der Waals surface area contributed by atoms with E-state index in [4.69, 9.17) is 15.0 Å². The van der Waals surface area contributed by atoms with Gasteiger partial charge in [-0.25, -0.2) is 15.0 Å². The largest absolute Gasteiger partial charge is 0.311 e. The summed E-state index contributed by atoms with van der Waals surface area (Å²) in [5.41, 5.74) is 41.4. The second-order valence-corrected chi connectivity index (χ2v) is 65.2. The van der Waals surface area contributed by atoms with Crippen molar-refractivity contribution < 1.29 is 0 Å². The van der Waals surface area contributed by atoms with Crippen LogP contribution in [0.4, 0.5) is 102 Å². The van der Waals surface area contributed by atoms with Crippen LogP contribution in [0.3, 0.4) is 0 Å². The molecule has 0 N–H and O–H groups in total. The second kappa shape index (κ2) is 32.8. The van der Waals surface area contributed by atoms with Crippen molar-refractivity contribution in [3.63, 3.8) is 0 Å². The van der Waals surface area contributed by atoms with Gasteiger partial charge in [-0.3, -0.25) is 0 Å². The summed E-state index contributed by atoms with van der Waals surface area (Å²) in [6.45, 7) is 63.4. The molecule has 702 valence electrons. The molecule has 0 aliphatic carbocycles. The molecular weight excluding hydrogens is 1760 g/mol. The fraction of sp³-hybridized carbons (Fsp3) is 0.262. The number of anilines is 18. The summed E-state index contributed by atoms with van der Waals surface area (Å²) in [4.78, 5) is 33.6. The maximum absolute atomic E-state index is 6.10. The van der Waals surface area contributed by atoms with Crippen LogP contribution in [0.2, 0.25) is 58.9 Å². The minimum Gasteiger partial charge on any atom is -0.311 e. The molecule has 15 heteroatoms. The highest BCUT2D eigenvalue weighted by molar-refractivity contribution is 7.02. The highest BCUT2D eigenvalue weighted by atomic mass is 28.3. The number of aromatic nitrogens is 3. The number of nitrogens with zero attached hydrogens (tertiary/aromatic N) is 9. The number of hydrogen-bond donors (Lipinski definition) is 0. The summed E-state index contributed by atoms with van der Waals surface area (Å²) in [6, 6.07) is 121. The van der Waals surface area contributed by atoms with E-state index in [2.05, 4.69) is 522 Å². The first-order chi connectivity index (χ1) is 66.6. The van der Waals surface area contributed by atoms with E-state index in [-0.39, 0.29) is 52.6 Å². The van der Waals surface area contributed by atoms with Gasteiger partial charge in [-0.05, 0) is 279 Å². The first-order valence-electron chi connectivity index (χ1n) is 51.1. The zero-order chi connectivity index (χ0) is 99.1. The van der Waals surface area contributed by atoms with Crippen molar-refractivity contribution in [2.24, 2.45) is 0 Å². The van der Waals surface area contributed by atoms with Crippen molar-refractivity contribution in [1.82, 2.24) is 15.0 Å². The Morgan fingerprint density at radius 1 is 0.184 bits per heavy atom. The van der Waals surface area contributed by atoms with Gasteiger partial charge in [0.1, 0.15) is 0 Å². The molecule has 0 bridgehead atoms. The number of rotatable bonds is 12. The van der Waals surface area contributed by atoms with E-state index in [1.165, 1.54) is 115 Å². The second-order valence-electron chi connectivity index (χ2n) is 49.9. The Bertz CT molecular complexity index is 6960. The molecule has 0 atom stereocenters. The van der Waals surface area contributed by atoms with Crippen LogP contribution >= 0.6 is 0 Å². The summed E-state index contributed by atoms with van der Waals surface area (Å²) in [7, 11) is -5.19. The maximum atomic E-state index is 6.10. The third kappa shape index (κ3) is 15.9. The highest BCUT2D eigenvalue weighted by Crippen LogP contribution is 2.52. The maximum Gasteiger partial charge on any atom is 0.252 e. The van der Waals surface area contributed by atoms with Gasteiger partial charge in [-0.1, -0.05) is 345 Å². The Hall–Kier alpha value is -13.0. The van der Waals surface area contributed by atoms with E-state index in [1.807, 2.05) is 0 Å². The van der Waals surface area contributed by atoms with Crippen LogP contribution in [0.1, 0.15) is 158 Å². The number of fused-ring (bicyclic) bond motifs is 12. The van der Waals surface area contributed by atoms with Crippen molar-refractivity contribution in [2.45, 2.75) is 216 Å². The van der Waals surface area contributed by atoms with E-state index < -0.39 is 24.2 Å². The molecule has 6 aliphatic rings. The lowest BCUT2D eigenvalue weighted by Crippen LogP contribution is -2.61. The van der Waals surface area contributed by atoms with Crippen molar-refractivity contribution >= 4 is 211 Å². The molecule has 0 amide bonds. The monoisotopic (exact) mass is 1890 g/mol. The zero-order valence-corrected chi connectivity index (χ0v) is 90.7. The molecule has 0 saturated heterocycles.